The van der Waals surface area contributed by atoms with Crippen molar-refractivity contribution in [3.8, 4) is 0 Å². The highest BCUT2D eigenvalue weighted by Gasteiger charge is 2.52. The smallest absolute Gasteiger partial charge is 0.275 e. The fourth-order valence-corrected chi connectivity index (χ4v) is 22.0. The van der Waals surface area contributed by atoms with E-state index in [1.54, 1.807) is 72.7 Å². The summed E-state index contributed by atoms with van der Waals surface area (Å²) in [4.78, 5) is 157. The highest BCUT2D eigenvalue weighted by Crippen LogP contribution is 2.53. The normalized spacial score (nSPS) is 24.2. The van der Waals surface area contributed by atoms with Gasteiger partial charge in [-0.1, -0.05) is 46.4 Å². The molecule has 4 aromatic carbocycles. The van der Waals surface area contributed by atoms with Gasteiger partial charge in [0.25, 0.3) is 35.4 Å². The van der Waals surface area contributed by atoms with Crippen LogP contribution in [0.25, 0.3) is 11.3 Å². The first-order chi connectivity index (χ1) is 64.4. The molecule has 10 fully saturated rings. The number of rotatable bonds is 15. The van der Waals surface area contributed by atoms with Gasteiger partial charge in [-0.25, -0.2) is 55.3 Å². The zero-order valence-corrected chi connectivity index (χ0v) is 75.9. The number of fused-ring (bicyclic) bond motifs is 2. The Hall–Kier alpha value is -12.0. The van der Waals surface area contributed by atoms with Crippen LogP contribution in [-0.2, 0) is 19.2 Å². The molecule has 30 nitrogen and oxygen atoms in total. The van der Waals surface area contributed by atoms with Crippen molar-refractivity contribution in [2.45, 2.75) is 203 Å². The van der Waals surface area contributed by atoms with Crippen molar-refractivity contribution in [1.82, 2.24) is 74.9 Å². The van der Waals surface area contributed by atoms with Gasteiger partial charge >= 0.3 is 0 Å². The summed E-state index contributed by atoms with van der Waals surface area (Å²) >= 11 is 24.8. The number of nitrogens with two attached hydrogens (primary N) is 1. The molecule has 4 spiro atoms. The highest BCUT2D eigenvalue weighted by atomic mass is 35.5. The van der Waals surface area contributed by atoms with E-state index in [9.17, 15) is 74.3 Å². The van der Waals surface area contributed by atoms with Crippen molar-refractivity contribution in [2.24, 2.45) is 27.4 Å². The summed E-state index contributed by atoms with van der Waals surface area (Å²) in [5, 5.41) is 21.0. The number of H-pyrrole nitrogens is 1. The molecule has 704 valence electrons. The van der Waals surface area contributed by atoms with E-state index in [1.807, 2.05) is 0 Å². The monoisotopic (exact) mass is 1920 g/mol. The number of hydrogen-bond donors (Lipinski definition) is 6. The predicted molar refractivity (Wildman–Crippen MR) is 485 cm³/mol. The number of aromatic amines is 1. The SMILES string of the molecule is NC(=O)c1c(C(=O)NC2CC2)ncn1C1CCC2(CCCN(c3cc(F)c(F)cc3Cl)C2=O)CC1.O=C(NC1CCC2(CCCN(c3ccc(F)cc3Cl)C2=O)CC1)c1[nH]cnc1C(=O)N1CC(F)C1.O=C(NC1CCC2(CCCN(c3ccc(F)cc3Cl)C2=O)CC1)c1cnc2cccnn12.O=C(NC1CCC2(CCCN(c3ccc(F)cc3Cl)C2=O)CC1)c1cnn2cccnc12. The second-order valence-corrected chi connectivity index (χ2v) is 38.2. The minimum absolute atomic E-state index is 0.00560. The van der Waals surface area contributed by atoms with E-state index < -0.39 is 80.5 Å². The molecular formula is C94H98Cl4F6N20O10. The molecule has 5 aliphatic carbocycles. The number of carbonyl (C=O) groups excluding carboxylic acids is 10. The molecule has 10 aliphatic rings. The summed E-state index contributed by atoms with van der Waals surface area (Å²) in [6.07, 6.45) is 28.2. The Kier molecular flexibility index (Phi) is 27.4. The summed E-state index contributed by atoms with van der Waals surface area (Å²) in [5.41, 5.74) is 7.46. The molecule has 11 heterocycles. The lowest BCUT2D eigenvalue weighted by molar-refractivity contribution is -0.133. The van der Waals surface area contributed by atoms with Crippen molar-refractivity contribution >= 4 is 140 Å². The van der Waals surface area contributed by atoms with E-state index in [4.69, 9.17) is 52.1 Å². The third-order valence-corrected chi connectivity index (χ3v) is 29.6. The number of benzene rings is 4. The van der Waals surface area contributed by atoms with Crippen LogP contribution in [-0.4, -0.2) is 182 Å². The molecular weight excluding hydrogens is 1820 g/mol. The molecule has 6 aromatic heterocycles. The van der Waals surface area contributed by atoms with E-state index in [0.29, 0.717) is 169 Å². The second kappa shape index (κ2) is 39.1. The number of likely N-dealkylation sites (tertiary alicyclic amines) is 1. The molecule has 0 unspecified atom stereocenters. The summed E-state index contributed by atoms with van der Waals surface area (Å²) in [6.45, 7) is 2.07. The third kappa shape index (κ3) is 19.3. The number of alkyl halides is 1. The highest BCUT2D eigenvalue weighted by molar-refractivity contribution is 6.35. The van der Waals surface area contributed by atoms with Crippen molar-refractivity contribution in [2.75, 3.05) is 58.9 Å². The van der Waals surface area contributed by atoms with Gasteiger partial charge in [0.05, 0.1) is 81.0 Å². The van der Waals surface area contributed by atoms with E-state index >= 15 is 0 Å². The summed E-state index contributed by atoms with van der Waals surface area (Å²) < 4.78 is 85.8. The van der Waals surface area contributed by atoms with Crippen molar-refractivity contribution in [1.29, 1.82) is 0 Å². The largest absolute Gasteiger partial charge is 0.364 e. The minimum atomic E-state index is -1.06. The predicted octanol–water partition coefficient (Wildman–Crippen LogP) is 15.2. The van der Waals surface area contributed by atoms with Gasteiger partial charge in [-0.15, -0.1) is 0 Å². The topological polar surface area (TPSA) is 368 Å². The van der Waals surface area contributed by atoms with Gasteiger partial charge in [-0.2, -0.15) is 10.2 Å². The number of nitrogens with one attached hydrogen (secondary N) is 5. The summed E-state index contributed by atoms with van der Waals surface area (Å²) in [7, 11) is 0. The number of anilines is 4. The summed E-state index contributed by atoms with van der Waals surface area (Å²) in [6, 6.07) is 19.3. The van der Waals surface area contributed by atoms with Crippen LogP contribution < -0.4 is 46.6 Å². The van der Waals surface area contributed by atoms with Crippen LogP contribution in [0.15, 0.2) is 129 Å². The molecule has 10 amide bonds. The molecule has 20 rings (SSSR count). The molecule has 134 heavy (non-hydrogen) atoms. The third-order valence-electron chi connectivity index (χ3n) is 28.3. The lowest BCUT2D eigenvalue weighted by atomic mass is 9.67. The Morgan fingerprint density at radius 1 is 0.455 bits per heavy atom. The van der Waals surface area contributed by atoms with Crippen LogP contribution in [0.1, 0.15) is 236 Å². The maximum Gasteiger partial charge on any atom is 0.275 e. The number of imidazole rings is 3. The standard InChI is InChI=1S/2C24H26ClF2N5O3.2C23H23ClFN5O2/c25-17-10-14(26)2-3-18(17)32-9-1-6-24(23(32)35)7-4-16(5-8-24)30-21(33)19-20(29-13-28-19)22(34)31-11-15(27)12-31;25-15-10-16(26)17(27)11-18(15)31-9-1-6-24(23(31)35)7-4-14(5-8-24)32-12-29-19(20(32)21(28)33)22(34)30-13-2-3-13;24-18-13-15(25)3-4-19(18)29-11-1-7-23(22(29)32)8-5-16(6-9-23)28-21(31)17-14-27-30-12-2-10-26-20(17)30;24-17-13-15(25)4-5-18(17)29-12-2-8-23(22(29)32)9-6-16(7-10-23)28-21(31)19-14-26-20-3-1-11-27-30(19)20/h2-3,10,13,15-16H,1,4-9,11-12H2,(H,28,29)(H,30,33);10-14H,1-9H2,(H2,28,33)(H,30,34);2-4,10,12-14,16H,1,5-9,11H2,(H,28,31);1,3-5,11,13-14,16H,2,6-10,12H2,(H,28,31). The zero-order valence-electron chi connectivity index (χ0n) is 72.9. The van der Waals surface area contributed by atoms with E-state index in [-0.39, 0.29) is 127 Å². The molecule has 10 aromatic rings. The number of nitrogens with zero attached hydrogens (tertiary/aromatic N) is 14. The Morgan fingerprint density at radius 3 is 1.38 bits per heavy atom. The second-order valence-electron chi connectivity index (χ2n) is 36.6. The lowest BCUT2D eigenvalue weighted by Gasteiger charge is -2.46. The van der Waals surface area contributed by atoms with Crippen LogP contribution in [0.5, 0.6) is 0 Å². The molecule has 0 radical (unpaired) electrons. The fraction of sp³-hybridized carbons (Fsp3) is 0.447. The molecule has 7 N–H and O–H groups in total. The molecule has 5 saturated carbocycles. The Balaban J connectivity index is 0.000000124. The van der Waals surface area contributed by atoms with Crippen LogP contribution >= 0.6 is 46.4 Å². The molecule has 5 aliphatic heterocycles. The number of carbonyl (C=O) groups is 10. The number of halogens is 10. The van der Waals surface area contributed by atoms with Crippen LogP contribution in [0.3, 0.4) is 0 Å². The number of amides is 10. The Labute approximate surface area is 785 Å². The van der Waals surface area contributed by atoms with Crippen molar-refractivity contribution in [3.05, 3.63) is 212 Å². The van der Waals surface area contributed by atoms with Gasteiger partial charge in [-0.05, 0) is 246 Å². The van der Waals surface area contributed by atoms with E-state index in [1.165, 1.54) is 81.8 Å². The maximum absolute atomic E-state index is 13.9. The molecule has 40 heteroatoms. The lowest BCUT2D eigenvalue weighted by Crippen LogP contribution is -2.53. The van der Waals surface area contributed by atoms with Crippen LogP contribution in [0, 0.1) is 50.7 Å². The maximum atomic E-state index is 13.9. The number of aromatic nitrogens is 10. The first-order valence-electron chi connectivity index (χ1n) is 45.3. The fourth-order valence-electron chi connectivity index (χ4n) is 20.9. The number of primary amides is 1. The molecule has 5 saturated heterocycles. The van der Waals surface area contributed by atoms with Gasteiger partial charge in [0.2, 0.25) is 23.6 Å². The van der Waals surface area contributed by atoms with Gasteiger partial charge in [0.15, 0.2) is 34.3 Å². The van der Waals surface area contributed by atoms with Gasteiger partial charge in [-0.3, -0.25) is 47.9 Å². The van der Waals surface area contributed by atoms with E-state index in [2.05, 4.69) is 56.4 Å². The first-order valence-corrected chi connectivity index (χ1v) is 46.8. The van der Waals surface area contributed by atoms with Crippen LogP contribution in [0.4, 0.5) is 49.1 Å². The zero-order chi connectivity index (χ0) is 94.2. The summed E-state index contributed by atoms with van der Waals surface area (Å²) in [5.74, 6) is -5.94. The Morgan fingerprint density at radius 2 is 0.903 bits per heavy atom. The van der Waals surface area contributed by atoms with E-state index in [0.717, 1.165) is 76.3 Å². The molecule has 0 bridgehead atoms. The molecule has 0 atom stereocenters. The van der Waals surface area contributed by atoms with Gasteiger partial charge < -0.3 is 61.1 Å². The van der Waals surface area contributed by atoms with Gasteiger partial charge in [0.1, 0.15) is 46.3 Å². The average Bonchev–Trinajstić information content (AvgIpc) is 1.63. The number of piperidine rings is 4. The minimum Gasteiger partial charge on any atom is -0.364 e. The quantitative estimate of drug-likeness (QED) is 0.0410. The average molecular weight is 1920 g/mol. The first kappa shape index (κ1) is 93.8. The van der Waals surface area contributed by atoms with Crippen molar-refractivity contribution in [3.63, 3.8) is 0 Å². The van der Waals surface area contributed by atoms with Crippen LogP contribution in [0.2, 0.25) is 20.1 Å². The number of hydrogen-bond acceptors (Lipinski definition) is 16. The van der Waals surface area contributed by atoms with Gasteiger partial charge in [0, 0.05) is 103 Å². The Bertz CT molecular complexity index is 6030. The van der Waals surface area contributed by atoms with Crippen molar-refractivity contribution < 1.29 is 74.3 Å².